The first-order valence-corrected chi connectivity index (χ1v) is 10.5. The van der Waals surface area contributed by atoms with Crippen LogP contribution in [0, 0.1) is 5.92 Å². The number of carboxylic acid groups (broad SMARTS) is 1. The summed E-state index contributed by atoms with van der Waals surface area (Å²) in [6.07, 6.45) is 0.759. The maximum absolute atomic E-state index is 13.4. The van der Waals surface area contributed by atoms with Crippen LogP contribution in [0.2, 0.25) is 0 Å². The standard InChI is InChI=1S/C23H34N2O5/c1-16(2)15-18(19(26)27)24-20(28)23(17-9-7-6-8-10-17)11-13-25(14-12-23)21(29)30-22(3,4)5/h6-10,16,18H,11-15H2,1-5H3,(H,24,28)(H,26,27)/t18-/m1/s1. The van der Waals surface area contributed by atoms with Crippen molar-refractivity contribution in [3.05, 3.63) is 35.9 Å². The van der Waals surface area contributed by atoms with Crippen LogP contribution in [0.1, 0.15) is 59.4 Å². The molecule has 7 nitrogen and oxygen atoms in total. The van der Waals surface area contributed by atoms with Crippen LogP contribution in [0.5, 0.6) is 0 Å². The second kappa shape index (κ2) is 9.49. The van der Waals surface area contributed by atoms with E-state index in [9.17, 15) is 19.5 Å². The number of likely N-dealkylation sites (tertiary alicyclic amines) is 1. The minimum absolute atomic E-state index is 0.132. The Morgan fingerprint density at radius 3 is 2.17 bits per heavy atom. The van der Waals surface area contributed by atoms with Gasteiger partial charge in [0.15, 0.2) is 0 Å². The van der Waals surface area contributed by atoms with Crippen LogP contribution in [-0.4, -0.2) is 52.7 Å². The molecule has 2 rings (SSSR count). The zero-order valence-electron chi connectivity index (χ0n) is 18.6. The van der Waals surface area contributed by atoms with Crippen LogP contribution in [0.25, 0.3) is 0 Å². The monoisotopic (exact) mass is 418 g/mol. The highest BCUT2D eigenvalue weighted by Gasteiger charge is 2.45. The van der Waals surface area contributed by atoms with E-state index >= 15 is 0 Å². The number of carbonyl (C=O) groups excluding carboxylic acids is 2. The van der Waals surface area contributed by atoms with E-state index in [2.05, 4.69) is 5.32 Å². The normalized spacial score (nSPS) is 17.3. The molecule has 0 aliphatic carbocycles. The molecule has 1 fully saturated rings. The van der Waals surface area contributed by atoms with Gasteiger partial charge in [-0.2, -0.15) is 0 Å². The third-order valence-electron chi connectivity index (χ3n) is 5.34. The molecule has 1 aliphatic heterocycles. The number of carboxylic acids is 1. The lowest BCUT2D eigenvalue weighted by Crippen LogP contribution is -2.56. The number of amides is 2. The fraction of sp³-hybridized carbons (Fsp3) is 0.609. The molecule has 30 heavy (non-hydrogen) atoms. The van der Waals surface area contributed by atoms with E-state index in [0.717, 1.165) is 5.56 Å². The lowest BCUT2D eigenvalue weighted by atomic mass is 9.71. The number of ether oxygens (including phenoxy) is 1. The number of nitrogens with one attached hydrogen (secondary N) is 1. The summed E-state index contributed by atoms with van der Waals surface area (Å²) in [4.78, 5) is 39.2. The fourth-order valence-corrected chi connectivity index (χ4v) is 3.79. The Morgan fingerprint density at radius 2 is 1.70 bits per heavy atom. The maximum atomic E-state index is 13.4. The second-order valence-electron chi connectivity index (χ2n) is 9.41. The number of nitrogens with zero attached hydrogens (tertiary/aromatic N) is 1. The van der Waals surface area contributed by atoms with Gasteiger partial charge in [0.2, 0.25) is 5.91 Å². The Labute approximate surface area is 178 Å². The summed E-state index contributed by atoms with van der Waals surface area (Å²) < 4.78 is 5.46. The van der Waals surface area contributed by atoms with Crippen LogP contribution in [0.4, 0.5) is 4.79 Å². The molecule has 1 heterocycles. The first kappa shape index (κ1) is 23.7. The predicted molar refractivity (Wildman–Crippen MR) is 114 cm³/mol. The predicted octanol–water partition coefficient (Wildman–Crippen LogP) is 3.57. The van der Waals surface area contributed by atoms with E-state index in [1.807, 2.05) is 65.0 Å². The minimum Gasteiger partial charge on any atom is -0.480 e. The third kappa shape index (κ3) is 5.97. The highest BCUT2D eigenvalue weighted by molar-refractivity contribution is 5.92. The van der Waals surface area contributed by atoms with Crippen molar-refractivity contribution in [3.63, 3.8) is 0 Å². The average Bonchev–Trinajstić information content (AvgIpc) is 2.66. The number of piperidine rings is 1. The van der Waals surface area contributed by atoms with Crippen molar-refractivity contribution >= 4 is 18.0 Å². The molecule has 166 valence electrons. The van der Waals surface area contributed by atoms with Crippen molar-refractivity contribution in [2.24, 2.45) is 5.92 Å². The van der Waals surface area contributed by atoms with Gasteiger partial charge in [0.05, 0.1) is 5.41 Å². The van der Waals surface area contributed by atoms with Gasteiger partial charge < -0.3 is 20.1 Å². The molecule has 1 atom stereocenters. The highest BCUT2D eigenvalue weighted by atomic mass is 16.6. The van der Waals surface area contributed by atoms with Crippen molar-refractivity contribution < 1.29 is 24.2 Å². The third-order valence-corrected chi connectivity index (χ3v) is 5.34. The Hall–Kier alpha value is -2.57. The van der Waals surface area contributed by atoms with Crippen LogP contribution in [-0.2, 0) is 19.7 Å². The van der Waals surface area contributed by atoms with Crippen LogP contribution in [0.15, 0.2) is 30.3 Å². The van der Waals surface area contributed by atoms with Gasteiger partial charge in [-0.05, 0) is 51.5 Å². The summed E-state index contributed by atoms with van der Waals surface area (Å²) in [6, 6.07) is 8.45. The van der Waals surface area contributed by atoms with Gasteiger partial charge in [0.1, 0.15) is 11.6 Å². The second-order valence-corrected chi connectivity index (χ2v) is 9.41. The van der Waals surface area contributed by atoms with Gasteiger partial charge in [-0.15, -0.1) is 0 Å². The number of hydrogen-bond acceptors (Lipinski definition) is 4. The first-order chi connectivity index (χ1) is 13.9. The molecule has 0 bridgehead atoms. The first-order valence-electron chi connectivity index (χ1n) is 10.5. The summed E-state index contributed by atoms with van der Waals surface area (Å²) in [6.45, 7) is 10.0. The van der Waals surface area contributed by atoms with E-state index in [4.69, 9.17) is 4.74 Å². The number of aliphatic carboxylic acids is 1. The molecule has 7 heteroatoms. The van der Waals surface area contributed by atoms with Gasteiger partial charge in [-0.1, -0.05) is 44.2 Å². The van der Waals surface area contributed by atoms with Gasteiger partial charge >= 0.3 is 12.1 Å². The molecule has 1 aromatic carbocycles. The molecule has 1 saturated heterocycles. The fourth-order valence-electron chi connectivity index (χ4n) is 3.79. The molecule has 0 aromatic heterocycles. The molecule has 1 aliphatic rings. The summed E-state index contributed by atoms with van der Waals surface area (Å²) in [5, 5.41) is 12.3. The van der Waals surface area contributed by atoms with Crippen LogP contribution in [0.3, 0.4) is 0 Å². The van der Waals surface area contributed by atoms with Gasteiger partial charge in [-0.25, -0.2) is 9.59 Å². The highest BCUT2D eigenvalue weighted by Crippen LogP contribution is 2.36. The Kier molecular flexibility index (Phi) is 7.50. The molecule has 0 radical (unpaired) electrons. The molecule has 2 amide bonds. The van der Waals surface area contributed by atoms with E-state index in [0.29, 0.717) is 32.4 Å². The van der Waals surface area contributed by atoms with Crippen molar-refractivity contribution in [3.8, 4) is 0 Å². The smallest absolute Gasteiger partial charge is 0.410 e. The summed E-state index contributed by atoms with van der Waals surface area (Å²) in [5.41, 5.74) is -0.640. The van der Waals surface area contributed by atoms with Crippen molar-refractivity contribution in [1.82, 2.24) is 10.2 Å². The molecular formula is C23H34N2O5. The number of hydrogen-bond donors (Lipinski definition) is 2. The number of carbonyl (C=O) groups is 3. The summed E-state index contributed by atoms with van der Waals surface area (Å²) in [7, 11) is 0. The average molecular weight is 419 g/mol. The van der Waals surface area contributed by atoms with Crippen molar-refractivity contribution in [1.29, 1.82) is 0 Å². The molecular weight excluding hydrogens is 384 g/mol. The minimum atomic E-state index is -1.04. The van der Waals surface area contributed by atoms with Crippen LogP contribution < -0.4 is 5.32 Å². The Bertz CT molecular complexity index is 747. The lowest BCUT2D eigenvalue weighted by Gasteiger charge is -2.41. The SMILES string of the molecule is CC(C)C[C@@H](NC(=O)C1(c2ccccc2)CCN(C(=O)OC(C)(C)C)CC1)C(=O)O. The van der Waals surface area contributed by atoms with Gasteiger partial charge in [0.25, 0.3) is 0 Å². The molecule has 0 unspecified atom stereocenters. The topological polar surface area (TPSA) is 95.9 Å². The van der Waals surface area contributed by atoms with E-state index in [1.54, 1.807) is 4.90 Å². The number of rotatable bonds is 6. The number of benzene rings is 1. The molecule has 1 aromatic rings. The summed E-state index contributed by atoms with van der Waals surface area (Å²) in [5.74, 6) is -1.20. The summed E-state index contributed by atoms with van der Waals surface area (Å²) >= 11 is 0. The zero-order chi connectivity index (χ0) is 22.5. The Morgan fingerprint density at radius 1 is 1.13 bits per heavy atom. The molecule has 0 saturated carbocycles. The van der Waals surface area contributed by atoms with Crippen molar-refractivity contribution in [2.75, 3.05) is 13.1 Å². The van der Waals surface area contributed by atoms with Gasteiger partial charge in [0, 0.05) is 13.1 Å². The van der Waals surface area contributed by atoms with E-state index in [1.165, 1.54) is 0 Å². The van der Waals surface area contributed by atoms with Gasteiger partial charge in [-0.3, -0.25) is 4.79 Å². The quantitative estimate of drug-likeness (QED) is 0.736. The Balaban J connectivity index is 2.24. The molecule has 2 N–H and O–H groups in total. The largest absolute Gasteiger partial charge is 0.480 e. The lowest BCUT2D eigenvalue weighted by molar-refractivity contribution is -0.143. The maximum Gasteiger partial charge on any atom is 0.410 e. The van der Waals surface area contributed by atoms with E-state index < -0.39 is 29.1 Å². The van der Waals surface area contributed by atoms with Crippen LogP contribution >= 0.6 is 0 Å². The van der Waals surface area contributed by atoms with E-state index in [-0.39, 0.29) is 11.8 Å². The zero-order valence-corrected chi connectivity index (χ0v) is 18.6. The molecule has 0 spiro atoms. The van der Waals surface area contributed by atoms with Crippen molar-refractivity contribution in [2.45, 2.75) is 70.9 Å².